The number of aromatic nitrogens is 3. The van der Waals surface area contributed by atoms with Crippen LogP contribution in [0.2, 0.25) is 0 Å². The van der Waals surface area contributed by atoms with E-state index in [0.717, 1.165) is 49.8 Å². The first-order valence-electron chi connectivity index (χ1n) is 9.70. The number of hydrogen-bond donors (Lipinski definition) is 2. The van der Waals surface area contributed by atoms with Crippen LogP contribution in [0.15, 0.2) is 18.5 Å². The fraction of sp³-hybridized carbons (Fsp3) is 0.550. The molecule has 2 aliphatic rings. The van der Waals surface area contributed by atoms with Gasteiger partial charge < -0.3 is 11.1 Å². The number of pyridine rings is 1. The van der Waals surface area contributed by atoms with Gasteiger partial charge in [-0.05, 0) is 62.6 Å². The maximum absolute atomic E-state index is 12.6. The van der Waals surface area contributed by atoms with E-state index in [1.54, 1.807) is 0 Å². The van der Waals surface area contributed by atoms with Crippen LogP contribution in [0, 0.1) is 12.8 Å². The van der Waals surface area contributed by atoms with Crippen molar-refractivity contribution in [2.24, 2.45) is 11.7 Å². The lowest BCUT2D eigenvalue weighted by molar-refractivity contribution is -0.120. The zero-order valence-electron chi connectivity index (χ0n) is 15.4. The van der Waals surface area contributed by atoms with Gasteiger partial charge in [-0.3, -0.25) is 9.48 Å². The molecule has 1 amide bonds. The topological polar surface area (TPSA) is 85.8 Å². The third-order valence-corrected chi connectivity index (χ3v) is 5.71. The second-order valence-electron chi connectivity index (χ2n) is 7.68. The Morgan fingerprint density at radius 1 is 1.23 bits per heavy atom. The quantitative estimate of drug-likeness (QED) is 0.888. The summed E-state index contributed by atoms with van der Waals surface area (Å²) in [6.45, 7) is 3.05. The molecule has 2 aromatic rings. The summed E-state index contributed by atoms with van der Waals surface area (Å²) in [6, 6.07) is 2.13. The SMILES string of the molecule is Cc1cnc(NC(=O)[C@H]2CCC[C@@H](N)C2)cc1-c1cnn2c1CCCC2. The van der Waals surface area contributed by atoms with Gasteiger partial charge in [-0.2, -0.15) is 5.10 Å². The Kier molecular flexibility index (Phi) is 4.76. The minimum atomic E-state index is -0.00536. The van der Waals surface area contributed by atoms with Gasteiger partial charge >= 0.3 is 0 Å². The number of rotatable bonds is 3. The zero-order chi connectivity index (χ0) is 18.1. The molecule has 2 atom stereocenters. The Morgan fingerprint density at radius 3 is 2.96 bits per heavy atom. The van der Waals surface area contributed by atoms with Crippen molar-refractivity contribution in [1.82, 2.24) is 14.8 Å². The molecule has 0 aromatic carbocycles. The highest BCUT2D eigenvalue weighted by Crippen LogP contribution is 2.31. The lowest BCUT2D eigenvalue weighted by Gasteiger charge is -2.25. The van der Waals surface area contributed by atoms with Crippen molar-refractivity contribution < 1.29 is 4.79 Å². The molecule has 26 heavy (non-hydrogen) atoms. The molecular formula is C20H27N5O. The molecule has 3 N–H and O–H groups in total. The Balaban J connectivity index is 1.57. The van der Waals surface area contributed by atoms with E-state index < -0.39 is 0 Å². The zero-order valence-corrected chi connectivity index (χ0v) is 15.4. The molecule has 6 nitrogen and oxygen atoms in total. The van der Waals surface area contributed by atoms with Crippen molar-refractivity contribution in [3.8, 4) is 11.1 Å². The Hall–Kier alpha value is -2.21. The van der Waals surface area contributed by atoms with Gasteiger partial charge in [-0.15, -0.1) is 0 Å². The molecule has 0 spiro atoms. The molecule has 1 aliphatic carbocycles. The molecule has 4 rings (SSSR count). The van der Waals surface area contributed by atoms with E-state index in [-0.39, 0.29) is 17.9 Å². The molecule has 3 heterocycles. The van der Waals surface area contributed by atoms with Crippen LogP contribution >= 0.6 is 0 Å². The van der Waals surface area contributed by atoms with Gasteiger partial charge in [0, 0.05) is 36.0 Å². The molecule has 2 aromatic heterocycles. The normalized spacial score (nSPS) is 22.7. The molecule has 138 valence electrons. The first-order chi connectivity index (χ1) is 12.6. The summed E-state index contributed by atoms with van der Waals surface area (Å²) in [5.41, 5.74) is 10.7. The maximum atomic E-state index is 12.6. The number of anilines is 1. The molecule has 1 fully saturated rings. The first kappa shape index (κ1) is 17.2. The van der Waals surface area contributed by atoms with Crippen LogP contribution in [0.3, 0.4) is 0 Å². The highest BCUT2D eigenvalue weighted by atomic mass is 16.1. The van der Waals surface area contributed by atoms with Gasteiger partial charge in [0.25, 0.3) is 0 Å². The monoisotopic (exact) mass is 353 g/mol. The summed E-state index contributed by atoms with van der Waals surface area (Å²) in [6.07, 6.45) is 11.0. The van der Waals surface area contributed by atoms with E-state index in [4.69, 9.17) is 5.73 Å². The number of hydrogen-bond acceptors (Lipinski definition) is 4. The summed E-state index contributed by atoms with van der Waals surface area (Å²) in [5, 5.41) is 7.55. The third-order valence-electron chi connectivity index (χ3n) is 5.71. The molecule has 1 saturated carbocycles. The highest BCUT2D eigenvalue weighted by molar-refractivity contribution is 5.92. The van der Waals surface area contributed by atoms with Crippen LogP contribution in [0.4, 0.5) is 5.82 Å². The summed E-state index contributed by atoms with van der Waals surface area (Å²) < 4.78 is 2.11. The molecule has 6 heteroatoms. The van der Waals surface area contributed by atoms with Crippen LogP contribution < -0.4 is 11.1 Å². The van der Waals surface area contributed by atoms with Crippen molar-refractivity contribution in [3.63, 3.8) is 0 Å². The number of nitrogens with two attached hydrogens (primary N) is 1. The summed E-state index contributed by atoms with van der Waals surface area (Å²) in [7, 11) is 0. The summed E-state index contributed by atoms with van der Waals surface area (Å²) in [5.74, 6) is 0.652. The van der Waals surface area contributed by atoms with Crippen molar-refractivity contribution in [2.45, 2.75) is 64.5 Å². The number of nitrogens with zero attached hydrogens (tertiary/aromatic N) is 3. The van der Waals surface area contributed by atoms with Crippen molar-refractivity contribution >= 4 is 11.7 Å². The third kappa shape index (κ3) is 3.38. The van der Waals surface area contributed by atoms with E-state index >= 15 is 0 Å². The van der Waals surface area contributed by atoms with Crippen molar-refractivity contribution in [2.75, 3.05) is 5.32 Å². The van der Waals surface area contributed by atoms with Crippen molar-refractivity contribution in [3.05, 3.63) is 29.7 Å². The number of nitrogens with one attached hydrogen (secondary N) is 1. The van der Waals surface area contributed by atoms with Gasteiger partial charge in [0.15, 0.2) is 0 Å². The van der Waals surface area contributed by atoms with Gasteiger partial charge in [-0.25, -0.2) is 4.98 Å². The van der Waals surface area contributed by atoms with Crippen molar-refractivity contribution in [1.29, 1.82) is 0 Å². The Labute approximate surface area is 154 Å². The second-order valence-corrected chi connectivity index (χ2v) is 7.68. The predicted molar refractivity (Wildman–Crippen MR) is 102 cm³/mol. The molecule has 0 bridgehead atoms. The maximum Gasteiger partial charge on any atom is 0.228 e. The smallest absolute Gasteiger partial charge is 0.228 e. The number of amides is 1. The lowest BCUT2D eigenvalue weighted by Crippen LogP contribution is -2.34. The molecule has 0 saturated heterocycles. The second kappa shape index (κ2) is 7.19. The summed E-state index contributed by atoms with van der Waals surface area (Å²) in [4.78, 5) is 17.0. The minimum Gasteiger partial charge on any atom is -0.328 e. The highest BCUT2D eigenvalue weighted by Gasteiger charge is 2.26. The molecule has 0 radical (unpaired) electrons. The van der Waals surface area contributed by atoms with Crippen LogP contribution in [0.5, 0.6) is 0 Å². The van der Waals surface area contributed by atoms with Crippen LogP contribution in [0.25, 0.3) is 11.1 Å². The van der Waals surface area contributed by atoms with E-state index in [1.165, 1.54) is 24.1 Å². The minimum absolute atomic E-state index is 0.00536. The molecule has 0 unspecified atom stereocenters. The number of fused-ring (bicyclic) bond motifs is 1. The van der Waals surface area contributed by atoms with E-state index in [2.05, 4.69) is 27.0 Å². The van der Waals surface area contributed by atoms with Crippen LogP contribution in [-0.4, -0.2) is 26.7 Å². The number of carbonyl (C=O) groups is 1. The van der Waals surface area contributed by atoms with E-state index in [1.807, 2.05) is 18.5 Å². The standard InChI is InChI=1S/C20H27N5O/c1-13-11-22-19(24-20(26)14-5-4-6-15(21)9-14)10-16(13)17-12-23-25-8-3-2-7-18(17)25/h10-12,14-15H,2-9,21H2,1H3,(H,22,24,26)/t14-,15+/m0/s1. The number of carbonyl (C=O) groups excluding carboxylic acids is 1. The van der Waals surface area contributed by atoms with Crippen LogP contribution in [0.1, 0.15) is 49.8 Å². The predicted octanol–water partition coefficient (Wildman–Crippen LogP) is 3.05. The fourth-order valence-corrected chi connectivity index (χ4v) is 4.22. The van der Waals surface area contributed by atoms with Gasteiger partial charge in [0.05, 0.1) is 6.20 Å². The lowest BCUT2D eigenvalue weighted by atomic mass is 9.85. The fourth-order valence-electron chi connectivity index (χ4n) is 4.22. The molecular weight excluding hydrogens is 326 g/mol. The molecule has 1 aliphatic heterocycles. The summed E-state index contributed by atoms with van der Waals surface area (Å²) >= 11 is 0. The Bertz CT molecular complexity index is 813. The van der Waals surface area contributed by atoms with Gasteiger partial charge in [0.2, 0.25) is 5.91 Å². The van der Waals surface area contributed by atoms with E-state index in [0.29, 0.717) is 5.82 Å². The van der Waals surface area contributed by atoms with Gasteiger partial charge in [0.1, 0.15) is 5.82 Å². The largest absolute Gasteiger partial charge is 0.328 e. The van der Waals surface area contributed by atoms with Crippen LogP contribution in [-0.2, 0) is 17.8 Å². The van der Waals surface area contributed by atoms with E-state index in [9.17, 15) is 4.79 Å². The first-order valence-corrected chi connectivity index (χ1v) is 9.70. The number of aryl methyl sites for hydroxylation is 2. The average Bonchev–Trinajstić information content (AvgIpc) is 3.07. The average molecular weight is 353 g/mol. The van der Waals surface area contributed by atoms with Gasteiger partial charge in [-0.1, -0.05) is 6.42 Å². The Morgan fingerprint density at radius 2 is 2.12 bits per heavy atom.